The monoisotopic (exact) mass is 277 g/mol. The predicted octanol–water partition coefficient (Wildman–Crippen LogP) is 3.88. The zero-order valence-corrected chi connectivity index (χ0v) is 9.99. The molecule has 0 spiro atoms. The Morgan fingerprint density at radius 3 is 3.00 bits per heavy atom. The van der Waals surface area contributed by atoms with E-state index in [2.05, 4.69) is 15.9 Å². The Balaban J connectivity index is 2.69. The minimum absolute atomic E-state index is 0.802. The van der Waals surface area contributed by atoms with E-state index in [0.717, 1.165) is 20.8 Å². The summed E-state index contributed by atoms with van der Waals surface area (Å²) in [6.07, 6.45) is 1.88. The summed E-state index contributed by atoms with van der Waals surface area (Å²) in [5, 5.41) is 0. The minimum atomic E-state index is 0.802. The van der Waals surface area contributed by atoms with E-state index in [9.17, 15) is 0 Å². The van der Waals surface area contributed by atoms with Crippen molar-refractivity contribution < 1.29 is 0 Å². The van der Waals surface area contributed by atoms with Gasteiger partial charge in [-0.25, -0.2) is 0 Å². The molecule has 0 saturated heterocycles. The molecule has 0 aromatic heterocycles. The molecule has 1 rings (SSSR count). The molecular formula is C9H9BrClNS. The molecule has 0 aliphatic rings. The number of hydrogen-bond donors (Lipinski definition) is 1. The van der Waals surface area contributed by atoms with Crippen molar-refractivity contribution in [1.82, 2.24) is 0 Å². The zero-order valence-electron chi connectivity index (χ0n) is 6.84. The summed E-state index contributed by atoms with van der Waals surface area (Å²) in [5.41, 5.74) is 8.09. The fourth-order valence-electron chi connectivity index (χ4n) is 0.807. The molecule has 0 atom stereocenters. The van der Waals surface area contributed by atoms with Gasteiger partial charge in [-0.15, -0.1) is 11.8 Å². The van der Waals surface area contributed by atoms with Gasteiger partial charge in [-0.05, 0) is 18.2 Å². The van der Waals surface area contributed by atoms with Crippen LogP contribution in [0.2, 0.25) is 0 Å². The van der Waals surface area contributed by atoms with Crippen LogP contribution in [-0.2, 0) is 0 Å². The second kappa shape index (κ2) is 5.58. The zero-order chi connectivity index (χ0) is 9.68. The van der Waals surface area contributed by atoms with Crippen molar-refractivity contribution in [1.29, 1.82) is 0 Å². The first-order valence-electron chi connectivity index (χ1n) is 3.67. The van der Waals surface area contributed by atoms with Crippen molar-refractivity contribution in [2.24, 2.45) is 0 Å². The number of nitrogen functional groups attached to an aromatic ring is 1. The van der Waals surface area contributed by atoms with Gasteiger partial charge in [0, 0.05) is 26.3 Å². The Morgan fingerprint density at radius 1 is 1.54 bits per heavy atom. The lowest BCUT2D eigenvalue weighted by molar-refractivity contribution is 1.43. The van der Waals surface area contributed by atoms with Crippen LogP contribution in [-0.4, -0.2) is 5.75 Å². The van der Waals surface area contributed by atoms with Gasteiger partial charge in [0.15, 0.2) is 0 Å². The molecule has 70 valence electrons. The van der Waals surface area contributed by atoms with E-state index in [4.69, 9.17) is 17.3 Å². The van der Waals surface area contributed by atoms with E-state index in [1.807, 2.05) is 24.3 Å². The molecule has 1 aromatic carbocycles. The summed E-state index contributed by atoms with van der Waals surface area (Å²) in [7, 11) is 0. The molecule has 1 aromatic rings. The van der Waals surface area contributed by atoms with Gasteiger partial charge in [-0.3, -0.25) is 0 Å². The highest BCUT2D eigenvalue weighted by molar-refractivity contribution is 9.10. The van der Waals surface area contributed by atoms with Crippen LogP contribution in [0.25, 0.3) is 0 Å². The quantitative estimate of drug-likeness (QED) is 0.671. The molecule has 13 heavy (non-hydrogen) atoms. The summed E-state index contributed by atoms with van der Waals surface area (Å²) >= 11 is 10.5. The SMILES string of the molecule is Nc1ccc(Br)cc1SCC=CCl. The van der Waals surface area contributed by atoms with E-state index in [0.29, 0.717) is 0 Å². The molecule has 4 heteroatoms. The van der Waals surface area contributed by atoms with E-state index in [-0.39, 0.29) is 0 Å². The third-order valence-corrected chi connectivity index (χ3v) is 3.09. The van der Waals surface area contributed by atoms with E-state index >= 15 is 0 Å². The Hall–Kier alpha value is -0.120. The second-order valence-corrected chi connectivity index (χ2v) is 4.58. The number of thioether (sulfide) groups is 1. The molecular weight excluding hydrogens is 270 g/mol. The number of halogens is 2. The second-order valence-electron chi connectivity index (χ2n) is 2.35. The van der Waals surface area contributed by atoms with Crippen LogP contribution >= 0.6 is 39.3 Å². The summed E-state index contributed by atoms with van der Waals surface area (Å²) in [4.78, 5) is 1.07. The predicted molar refractivity (Wildman–Crippen MR) is 64.3 cm³/mol. The smallest absolute Gasteiger partial charge is 0.0453 e. The number of hydrogen-bond acceptors (Lipinski definition) is 2. The van der Waals surface area contributed by atoms with Gasteiger partial charge in [0.25, 0.3) is 0 Å². The molecule has 0 heterocycles. The van der Waals surface area contributed by atoms with Gasteiger partial charge in [-0.1, -0.05) is 33.6 Å². The highest BCUT2D eigenvalue weighted by Gasteiger charge is 1.98. The highest BCUT2D eigenvalue weighted by Crippen LogP contribution is 2.28. The Morgan fingerprint density at radius 2 is 2.31 bits per heavy atom. The molecule has 0 unspecified atom stereocenters. The van der Waals surface area contributed by atoms with Gasteiger partial charge in [0.05, 0.1) is 0 Å². The average molecular weight is 279 g/mol. The first kappa shape index (κ1) is 11.0. The minimum Gasteiger partial charge on any atom is -0.398 e. The summed E-state index contributed by atoms with van der Waals surface area (Å²) in [6, 6.07) is 5.82. The van der Waals surface area contributed by atoms with Crippen LogP contribution in [0.5, 0.6) is 0 Å². The third-order valence-electron chi connectivity index (χ3n) is 1.40. The first-order chi connectivity index (χ1) is 6.24. The van der Waals surface area contributed by atoms with Crippen LogP contribution in [0.15, 0.2) is 39.2 Å². The number of rotatable bonds is 3. The highest BCUT2D eigenvalue weighted by atomic mass is 79.9. The summed E-state index contributed by atoms with van der Waals surface area (Å²) < 4.78 is 1.04. The third kappa shape index (κ3) is 3.63. The normalized spacial score (nSPS) is 10.9. The van der Waals surface area contributed by atoms with Crippen molar-refractivity contribution in [3.63, 3.8) is 0 Å². The Labute approximate surface area is 95.5 Å². The largest absolute Gasteiger partial charge is 0.398 e. The van der Waals surface area contributed by atoms with Gasteiger partial charge in [0.1, 0.15) is 0 Å². The van der Waals surface area contributed by atoms with Crippen molar-refractivity contribution in [3.8, 4) is 0 Å². The van der Waals surface area contributed by atoms with Crippen LogP contribution < -0.4 is 5.73 Å². The maximum atomic E-state index is 5.77. The van der Waals surface area contributed by atoms with Crippen LogP contribution in [0.1, 0.15) is 0 Å². The standard InChI is InChI=1S/C9H9BrClNS/c10-7-2-3-8(12)9(6-7)13-5-1-4-11/h1-4,6H,5,12H2. The number of benzene rings is 1. The van der Waals surface area contributed by atoms with Crippen LogP contribution in [0.4, 0.5) is 5.69 Å². The lowest BCUT2D eigenvalue weighted by Gasteiger charge is -2.03. The van der Waals surface area contributed by atoms with Crippen molar-refractivity contribution in [2.75, 3.05) is 11.5 Å². The number of nitrogens with two attached hydrogens (primary N) is 1. The first-order valence-corrected chi connectivity index (χ1v) is 5.88. The topological polar surface area (TPSA) is 26.0 Å². The molecule has 1 nitrogen and oxygen atoms in total. The maximum absolute atomic E-state index is 5.77. The summed E-state index contributed by atoms with van der Waals surface area (Å²) in [5.74, 6) is 0.837. The lowest BCUT2D eigenvalue weighted by atomic mass is 10.3. The van der Waals surface area contributed by atoms with Crippen LogP contribution in [0.3, 0.4) is 0 Å². The maximum Gasteiger partial charge on any atom is 0.0453 e. The van der Waals surface area contributed by atoms with Gasteiger partial charge < -0.3 is 5.73 Å². The van der Waals surface area contributed by atoms with Crippen molar-refractivity contribution >= 4 is 45.0 Å². The van der Waals surface area contributed by atoms with Gasteiger partial charge in [0.2, 0.25) is 0 Å². The van der Waals surface area contributed by atoms with E-state index in [1.165, 1.54) is 5.54 Å². The van der Waals surface area contributed by atoms with Crippen molar-refractivity contribution in [3.05, 3.63) is 34.3 Å². The van der Waals surface area contributed by atoms with Crippen LogP contribution in [0, 0.1) is 0 Å². The molecule has 0 radical (unpaired) electrons. The van der Waals surface area contributed by atoms with Crippen molar-refractivity contribution in [2.45, 2.75) is 4.90 Å². The van der Waals surface area contributed by atoms with E-state index < -0.39 is 0 Å². The average Bonchev–Trinajstić information content (AvgIpc) is 2.11. The van der Waals surface area contributed by atoms with Gasteiger partial charge >= 0.3 is 0 Å². The summed E-state index contributed by atoms with van der Waals surface area (Å²) in [6.45, 7) is 0. The number of anilines is 1. The fraction of sp³-hybridized carbons (Fsp3) is 0.111. The Bertz CT molecular complexity index is 314. The van der Waals surface area contributed by atoms with E-state index in [1.54, 1.807) is 11.8 Å². The Kier molecular flexibility index (Phi) is 4.70. The fourth-order valence-corrected chi connectivity index (χ4v) is 2.33. The molecule has 0 fully saturated rings. The molecule has 0 aliphatic heterocycles. The lowest BCUT2D eigenvalue weighted by Crippen LogP contribution is -1.88. The molecule has 0 amide bonds. The molecule has 2 N–H and O–H groups in total. The molecule has 0 saturated carbocycles. The molecule has 0 bridgehead atoms. The molecule has 0 aliphatic carbocycles. The van der Waals surface area contributed by atoms with Gasteiger partial charge in [-0.2, -0.15) is 0 Å².